The number of carbonyl (C=O) groups is 1. The Morgan fingerprint density at radius 1 is 1.75 bits per heavy atom. The summed E-state index contributed by atoms with van der Waals surface area (Å²) in [7, 11) is 0. The minimum Gasteiger partial charge on any atom is -0.464 e. The summed E-state index contributed by atoms with van der Waals surface area (Å²) >= 11 is 1.54. The fourth-order valence-electron chi connectivity index (χ4n) is 0.994. The molecule has 0 aromatic rings. The Morgan fingerprint density at radius 3 is 2.83 bits per heavy atom. The van der Waals surface area contributed by atoms with Crippen LogP contribution in [0.15, 0.2) is 0 Å². The maximum atomic E-state index is 11.1. The Morgan fingerprint density at radius 2 is 2.42 bits per heavy atom. The van der Waals surface area contributed by atoms with Crippen LogP contribution in [0.4, 0.5) is 0 Å². The van der Waals surface area contributed by atoms with Crippen molar-refractivity contribution in [3.8, 4) is 0 Å². The fraction of sp³-hybridized carbons (Fsp3) is 0.875. The molecule has 3 nitrogen and oxygen atoms in total. The lowest BCUT2D eigenvalue weighted by atomic mass is 10.0. The van der Waals surface area contributed by atoms with E-state index in [1.807, 2.05) is 0 Å². The first-order valence-corrected chi connectivity index (χ1v) is 5.26. The van der Waals surface area contributed by atoms with E-state index in [1.54, 1.807) is 6.92 Å². The van der Waals surface area contributed by atoms with Crippen LogP contribution in [-0.2, 0) is 9.53 Å². The highest BCUT2D eigenvalue weighted by molar-refractivity contribution is 8.01. The van der Waals surface area contributed by atoms with Gasteiger partial charge in [-0.2, -0.15) is 0 Å². The number of ether oxygens (including phenoxy) is 1. The summed E-state index contributed by atoms with van der Waals surface area (Å²) < 4.78 is 4.79. The summed E-state index contributed by atoms with van der Waals surface area (Å²) in [5.41, 5.74) is 5.60. The molecule has 0 amide bonds. The molecule has 0 aromatic carbocycles. The van der Waals surface area contributed by atoms with Gasteiger partial charge in [-0.25, -0.2) is 4.79 Å². The van der Waals surface area contributed by atoms with Gasteiger partial charge in [0.25, 0.3) is 0 Å². The average Bonchev–Trinajstić information content (AvgIpc) is 1.97. The Balaban J connectivity index is 2.16. The van der Waals surface area contributed by atoms with Gasteiger partial charge in [-0.1, -0.05) is 6.42 Å². The predicted molar refractivity (Wildman–Crippen MR) is 49.8 cm³/mol. The van der Waals surface area contributed by atoms with Crippen LogP contribution in [0.25, 0.3) is 0 Å². The summed E-state index contributed by atoms with van der Waals surface area (Å²) in [5.74, 6) is -0.283. The molecule has 0 spiro atoms. The van der Waals surface area contributed by atoms with E-state index < -0.39 is 5.37 Å². The van der Waals surface area contributed by atoms with Crippen molar-refractivity contribution in [3.05, 3.63) is 0 Å². The number of carbonyl (C=O) groups excluding carboxylic acids is 1. The monoisotopic (exact) mass is 189 g/mol. The smallest absolute Gasteiger partial charge is 0.333 e. The lowest BCUT2D eigenvalue weighted by molar-refractivity contribution is -0.142. The lowest BCUT2D eigenvalue weighted by Crippen LogP contribution is -2.32. The van der Waals surface area contributed by atoms with Gasteiger partial charge in [0.2, 0.25) is 0 Å². The van der Waals surface area contributed by atoms with Gasteiger partial charge < -0.3 is 10.5 Å². The van der Waals surface area contributed by atoms with E-state index in [-0.39, 0.29) is 5.97 Å². The number of rotatable bonds is 4. The molecule has 0 radical (unpaired) electrons. The van der Waals surface area contributed by atoms with Crippen LogP contribution in [0.3, 0.4) is 0 Å². The molecule has 2 N–H and O–H groups in total. The molecule has 4 heteroatoms. The summed E-state index contributed by atoms with van der Waals surface area (Å²) in [5, 5.41) is 0.111. The first-order valence-electron chi connectivity index (χ1n) is 4.31. The zero-order valence-electron chi connectivity index (χ0n) is 7.29. The summed E-state index contributed by atoms with van der Waals surface area (Å²) in [4.78, 5) is 11.1. The molecule has 1 atom stereocenters. The minimum absolute atomic E-state index is 0.283. The second-order valence-electron chi connectivity index (χ2n) is 2.86. The SMILES string of the molecule is CCOC(=O)C(N)SC1CCC1. The van der Waals surface area contributed by atoms with Crippen molar-refractivity contribution in [2.75, 3.05) is 6.61 Å². The zero-order valence-corrected chi connectivity index (χ0v) is 8.10. The van der Waals surface area contributed by atoms with Gasteiger partial charge in [0.1, 0.15) is 0 Å². The highest BCUT2D eigenvalue weighted by Gasteiger charge is 2.24. The molecule has 1 rings (SSSR count). The lowest BCUT2D eigenvalue weighted by Gasteiger charge is -2.26. The van der Waals surface area contributed by atoms with Crippen LogP contribution in [-0.4, -0.2) is 23.2 Å². The van der Waals surface area contributed by atoms with Gasteiger partial charge in [-0.05, 0) is 19.8 Å². The zero-order chi connectivity index (χ0) is 8.97. The van der Waals surface area contributed by atoms with Crippen LogP contribution in [0.5, 0.6) is 0 Å². The van der Waals surface area contributed by atoms with Crippen LogP contribution >= 0.6 is 11.8 Å². The number of hydrogen-bond donors (Lipinski definition) is 1. The number of nitrogens with two attached hydrogens (primary N) is 1. The van der Waals surface area contributed by atoms with E-state index in [4.69, 9.17) is 10.5 Å². The van der Waals surface area contributed by atoms with Crippen molar-refractivity contribution in [2.24, 2.45) is 5.73 Å². The highest BCUT2D eigenvalue weighted by Crippen LogP contribution is 2.32. The second-order valence-corrected chi connectivity index (χ2v) is 4.31. The maximum Gasteiger partial charge on any atom is 0.333 e. The first kappa shape index (κ1) is 9.86. The highest BCUT2D eigenvalue weighted by atomic mass is 32.2. The predicted octanol–water partition coefficient (Wildman–Crippen LogP) is 1.12. The van der Waals surface area contributed by atoms with E-state index in [1.165, 1.54) is 31.0 Å². The summed E-state index contributed by atoms with van der Waals surface area (Å²) in [6.07, 6.45) is 3.66. The minimum atomic E-state index is -0.477. The van der Waals surface area contributed by atoms with E-state index in [0.29, 0.717) is 11.9 Å². The molecular formula is C8H15NO2S. The Kier molecular flexibility index (Phi) is 3.88. The van der Waals surface area contributed by atoms with Crippen molar-refractivity contribution in [1.29, 1.82) is 0 Å². The average molecular weight is 189 g/mol. The Labute approximate surface area is 77.0 Å². The quantitative estimate of drug-likeness (QED) is 0.532. The summed E-state index contributed by atoms with van der Waals surface area (Å²) in [6, 6.07) is 0. The van der Waals surface area contributed by atoms with Crippen LogP contribution in [0.2, 0.25) is 0 Å². The summed E-state index contributed by atoms with van der Waals surface area (Å²) in [6.45, 7) is 2.20. The van der Waals surface area contributed by atoms with Crippen molar-refractivity contribution < 1.29 is 9.53 Å². The molecule has 1 fully saturated rings. The van der Waals surface area contributed by atoms with Gasteiger partial charge in [0.15, 0.2) is 5.37 Å². The molecule has 0 aliphatic heterocycles. The molecule has 12 heavy (non-hydrogen) atoms. The Hall–Kier alpha value is -0.220. The van der Waals surface area contributed by atoms with E-state index in [0.717, 1.165) is 0 Å². The fourth-order valence-corrected chi connectivity index (χ4v) is 2.19. The molecule has 70 valence electrons. The van der Waals surface area contributed by atoms with Gasteiger partial charge >= 0.3 is 5.97 Å². The van der Waals surface area contributed by atoms with Gasteiger partial charge in [0, 0.05) is 5.25 Å². The molecule has 0 saturated heterocycles. The van der Waals surface area contributed by atoms with E-state index in [2.05, 4.69) is 0 Å². The normalized spacial score (nSPS) is 19.8. The molecule has 1 aliphatic rings. The third kappa shape index (κ3) is 2.68. The Bertz CT molecular complexity index is 159. The number of esters is 1. The largest absolute Gasteiger partial charge is 0.464 e. The molecule has 0 heterocycles. The van der Waals surface area contributed by atoms with Crippen LogP contribution in [0.1, 0.15) is 26.2 Å². The standard InChI is InChI=1S/C8H15NO2S/c1-2-11-8(10)7(9)12-6-4-3-5-6/h6-7H,2-5,9H2,1H3. The molecule has 1 aliphatic carbocycles. The van der Waals surface area contributed by atoms with Gasteiger partial charge in [0.05, 0.1) is 6.61 Å². The van der Waals surface area contributed by atoms with Crippen molar-refractivity contribution in [1.82, 2.24) is 0 Å². The van der Waals surface area contributed by atoms with Crippen molar-refractivity contribution in [2.45, 2.75) is 36.8 Å². The van der Waals surface area contributed by atoms with Gasteiger partial charge in [-0.3, -0.25) is 0 Å². The third-order valence-electron chi connectivity index (χ3n) is 1.91. The number of hydrogen-bond acceptors (Lipinski definition) is 4. The molecule has 1 saturated carbocycles. The van der Waals surface area contributed by atoms with E-state index >= 15 is 0 Å². The molecule has 0 aromatic heterocycles. The van der Waals surface area contributed by atoms with Crippen molar-refractivity contribution in [3.63, 3.8) is 0 Å². The maximum absolute atomic E-state index is 11.1. The molecule has 0 bridgehead atoms. The first-order chi connectivity index (χ1) is 5.74. The second kappa shape index (κ2) is 4.72. The van der Waals surface area contributed by atoms with Crippen molar-refractivity contribution >= 4 is 17.7 Å². The molecular weight excluding hydrogens is 174 g/mol. The third-order valence-corrected chi connectivity index (χ3v) is 3.25. The van der Waals surface area contributed by atoms with Crippen LogP contribution < -0.4 is 5.73 Å². The molecule has 1 unspecified atom stereocenters. The van der Waals surface area contributed by atoms with E-state index in [9.17, 15) is 4.79 Å². The number of thioether (sulfide) groups is 1. The topological polar surface area (TPSA) is 52.3 Å². The van der Waals surface area contributed by atoms with Gasteiger partial charge in [-0.15, -0.1) is 11.8 Å². The van der Waals surface area contributed by atoms with Crippen LogP contribution in [0, 0.1) is 0 Å².